The van der Waals surface area contributed by atoms with Crippen LogP contribution in [0.4, 0.5) is 0 Å². The van der Waals surface area contributed by atoms with E-state index in [0.717, 1.165) is 10.2 Å². The first-order chi connectivity index (χ1) is 5.24. The van der Waals surface area contributed by atoms with Crippen molar-refractivity contribution in [2.75, 3.05) is 7.05 Å². The molecule has 0 aliphatic carbocycles. The Labute approximate surface area is 99.5 Å². The van der Waals surface area contributed by atoms with Gasteiger partial charge in [-0.15, -0.1) is 24.8 Å². The van der Waals surface area contributed by atoms with E-state index in [1.54, 1.807) is 0 Å². The van der Waals surface area contributed by atoms with Gasteiger partial charge in [-0.05, 0) is 42.0 Å². The second-order valence-corrected chi connectivity index (χ2v) is 3.33. The molecule has 1 N–H and O–H groups in total. The van der Waals surface area contributed by atoms with E-state index in [1.165, 1.54) is 0 Å². The lowest BCUT2D eigenvalue weighted by molar-refractivity contribution is 0.632. The van der Waals surface area contributed by atoms with Gasteiger partial charge in [0.15, 0.2) is 0 Å². The Morgan fingerprint density at radius 2 is 2.00 bits per heavy atom. The Bertz CT molecular complexity index is 228. The maximum atomic E-state index is 4.24. The number of pyridine rings is 1. The third kappa shape index (κ3) is 4.81. The number of nitrogens with one attached hydrogen (secondary N) is 1. The van der Waals surface area contributed by atoms with E-state index in [2.05, 4.69) is 33.2 Å². The van der Waals surface area contributed by atoms with Crippen LogP contribution in [0, 0.1) is 0 Å². The van der Waals surface area contributed by atoms with Crippen LogP contribution in [0.2, 0.25) is 0 Å². The maximum absolute atomic E-state index is 4.24. The number of aromatic nitrogens is 1. The van der Waals surface area contributed by atoms with Crippen LogP contribution in [-0.2, 0) is 0 Å². The summed E-state index contributed by atoms with van der Waals surface area (Å²) >= 11 is 3.33. The molecule has 0 amide bonds. The summed E-state index contributed by atoms with van der Waals surface area (Å²) in [5.41, 5.74) is 1.07. The predicted molar refractivity (Wildman–Crippen MR) is 63.9 cm³/mol. The summed E-state index contributed by atoms with van der Waals surface area (Å²) in [5.74, 6) is 0. The van der Waals surface area contributed by atoms with Crippen molar-refractivity contribution in [3.8, 4) is 0 Å². The van der Waals surface area contributed by atoms with Gasteiger partial charge >= 0.3 is 0 Å². The Hall–Kier alpha value is 0.170. The van der Waals surface area contributed by atoms with Gasteiger partial charge < -0.3 is 5.32 Å². The summed E-state index contributed by atoms with van der Waals surface area (Å²) in [6.07, 6.45) is 1.81. The molecule has 5 heteroatoms. The van der Waals surface area contributed by atoms with E-state index in [-0.39, 0.29) is 24.8 Å². The van der Waals surface area contributed by atoms with E-state index >= 15 is 0 Å². The molecule has 0 aromatic carbocycles. The van der Waals surface area contributed by atoms with Crippen molar-refractivity contribution in [2.24, 2.45) is 0 Å². The first-order valence-corrected chi connectivity index (χ1v) is 4.32. The van der Waals surface area contributed by atoms with Crippen molar-refractivity contribution in [2.45, 2.75) is 13.0 Å². The summed E-state index contributed by atoms with van der Waals surface area (Å²) in [7, 11) is 1.92. The van der Waals surface area contributed by atoms with E-state index in [4.69, 9.17) is 0 Å². The van der Waals surface area contributed by atoms with Gasteiger partial charge in [0.1, 0.15) is 0 Å². The summed E-state index contributed by atoms with van der Waals surface area (Å²) < 4.78 is 1.02. The zero-order chi connectivity index (χ0) is 8.27. The predicted octanol–water partition coefficient (Wildman–Crippen LogP) is 2.97. The van der Waals surface area contributed by atoms with Gasteiger partial charge in [0.25, 0.3) is 0 Å². The first-order valence-electron chi connectivity index (χ1n) is 3.52. The lowest BCUT2D eigenvalue weighted by Crippen LogP contribution is -2.13. The molecule has 2 nitrogen and oxygen atoms in total. The van der Waals surface area contributed by atoms with Crippen molar-refractivity contribution in [1.82, 2.24) is 10.3 Å². The molecule has 1 heterocycles. The number of hydrogen-bond acceptors (Lipinski definition) is 2. The summed E-state index contributed by atoms with van der Waals surface area (Å²) in [6.45, 7) is 2.08. The molecule has 0 fully saturated rings. The Kier molecular flexibility index (Phi) is 9.09. The lowest BCUT2D eigenvalue weighted by Gasteiger charge is -2.08. The highest BCUT2D eigenvalue weighted by molar-refractivity contribution is 9.10. The van der Waals surface area contributed by atoms with Crippen LogP contribution in [0.3, 0.4) is 0 Å². The molecule has 0 saturated heterocycles. The van der Waals surface area contributed by atoms with Crippen LogP contribution in [-0.4, -0.2) is 12.0 Å². The molecular formula is C8H13BrCl2N2. The second-order valence-electron chi connectivity index (χ2n) is 2.41. The molecule has 76 valence electrons. The standard InChI is InChI=1S/C8H11BrN2.2ClH/c1-6(10-2)8-4-3-7(9)5-11-8;;/h3-6,10H,1-2H3;2*1H. The smallest absolute Gasteiger partial charge is 0.0571 e. The van der Waals surface area contributed by atoms with Crippen LogP contribution in [0.1, 0.15) is 18.7 Å². The molecule has 0 bridgehead atoms. The minimum atomic E-state index is 0. The van der Waals surface area contributed by atoms with Gasteiger partial charge in [0.05, 0.1) is 5.69 Å². The van der Waals surface area contributed by atoms with Gasteiger partial charge in [0.2, 0.25) is 0 Å². The quantitative estimate of drug-likeness (QED) is 0.905. The molecule has 0 spiro atoms. The fraction of sp³-hybridized carbons (Fsp3) is 0.375. The van der Waals surface area contributed by atoms with Gasteiger partial charge in [-0.25, -0.2) is 0 Å². The minimum absolute atomic E-state index is 0. The van der Waals surface area contributed by atoms with E-state index in [0.29, 0.717) is 6.04 Å². The Balaban J connectivity index is 0. The summed E-state index contributed by atoms with van der Waals surface area (Å²) in [6, 6.07) is 4.32. The van der Waals surface area contributed by atoms with Crippen LogP contribution >= 0.6 is 40.7 Å². The first kappa shape index (κ1) is 15.6. The van der Waals surface area contributed by atoms with Crippen LogP contribution in [0.15, 0.2) is 22.8 Å². The number of nitrogens with zero attached hydrogens (tertiary/aromatic N) is 1. The molecular weight excluding hydrogens is 275 g/mol. The second kappa shape index (κ2) is 7.56. The molecule has 1 aromatic rings. The van der Waals surface area contributed by atoms with Crippen LogP contribution in [0.5, 0.6) is 0 Å². The number of halogens is 3. The fourth-order valence-electron chi connectivity index (χ4n) is 0.791. The number of rotatable bonds is 2. The number of hydrogen-bond donors (Lipinski definition) is 1. The molecule has 1 unspecified atom stereocenters. The van der Waals surface area contributed by atoms with Gasteiger partial charge in [-0.3, -0.25) is 4.98 Å². The Morgan fingerprint density at radius 1 is 1.38 bits per heavy atom. The fourth-order valence-corrected chi connectivity index (χ4v) is 1.03. The molecule has 1 atom stereocenters. The zero-order valence-corrected chi connectivity index (χ0v) is 10.7. The topological polar surface area (TPSA) is 24.9 Å². The molecule has 0 aliphatic heterocycles. The Morgan fingerprint density at radius 3 is 2.38 bits per heavy atom. The highest BCUT2D eigenvalue weighted by atomic mass is 79.9. The summed E-state index contributed by atoms with van der Waals surface area (Å²) in [5, 5.41) is 3.12. The SMILES string of the molecule is CNC(C)c1ccc(Br)cn1.Cl.Cl. The van der Waals surface area contributed by atoms with Gasteiger partial charge in [0, 0.05) is 16.7 Å². The third-order valence-corrected chi connectivity index (χ3v) is 2.10. The van der Waals surface area contributed by atoms with Gasteiger partial charge in [-0.2, -0.15) is 0 Å². The minimum Gasteiger partial charge on any atom is -0.312 e. The van der Waals surface area contributed by atoms with Crippen molar-refractivity contribution in [1.29, 1.82) is 0 Å². The monoisotopic (exact) mass is 286 g/mol. The highest BCUT2D eigenvalue weighted by Gasteiger charge is 2.01. The molecule has 0 saturated carbocycles. The molecule has 1 rings (SSSR count). The van der Waals surface area contributed by atoms with Gasteiger partial charge in [-0.1, -0.05) is 0 Å². The molecule has 1 aromatic heterocycles. The highest BCUT2D eigenvalue weighted by Crippen LogP contribution is 2.12. The molecule has 0 aliphatic rings. The van der Waals surface area contributed by atoms with Crippen molar-refractivity contribution >= 4 is 40.7 Å². The van der Waals surface area contributed by atoms with E-state index in [9.17, 15) is 0 Å². The average Bonchev–Trinajstić information content (AvgIpc) is 2.05. The summed E-state index contributed by atoms with van der Waals surface area (Å²) in [4.78, 5) is 4.24. The van der Waals surface area contributed by atoms with E-state index < -0.39 is 0 Å². The average molecular weight is 288 g/mol. The largest absolute Gasteiger partial charge is 0.312 e. The van der Waals surface area contributed by atoms with Crippen molar-refractivity contribution in [3.63, 3.8) is 0 Å². The third-order valence-electron chi connectivity index (χ3n) is 1.63. The van der Waals surface area contributed by atoms with E-state index in [1.807, 2.05) is 25.4 Å². The molecule has 13 heavy (non-hydrogen) atoms. The van der Waals surface area contributed by atoms with Crippen LogP contribution < -0.4 is 5.32 Å². The molecule has 0 radical (unpaired) electrons. The lowest BCUT2D eigenvalue weighted by atomic mass is 10.2. The normalized spacial score (nSPS) is 11.0. The zero-order valence-electron chi connectivity index (χ0n) is 7.45. The van der Waals surface area contributed by atoms with Crippen LogP contribution in [0.25, 0.3) is 0 Å². The van der Waals surface area contributed by atoms with Crippen molar-refractivity contribution in [3.05, 3.63) is 28.5 Å². The van der Waals surface area contributed by atoms with Crippen molar-refractivity contribution < 1.29 is 0 Å². The maximum Gasteiger partial charge on any atom is 0.0571 e.